The predicted octanol–water partition coefficient (Wildman–Crippen LogP) is 0.834. The van der Waals surface area contributed by atoms with Crippen LogP contribution in [0.2, 0.25) is 0 Å². The third-order valence-electron chi connectivity index (χ3n) is 4.16. The number of amides is 1. The van der Waals surface area contributed by atoms with Gasteiger partial charge in [0.1, 0.15) is 0 Å². The van der Waals surface area contributed by atoms with Crippen LogP contribution < -0.4 is 5.73 Å². The van der Waals surface area contributed by atoms with Crippen molar-refractivity contribution in [3.05, 3.63) is 12.7 Å². The van der Waals surface area contributed by atoms with Crippen molar-refractivity contribution in [3.63, 3.8) is 0 Å². The Morgan fingerprint density at radius 1 is 1.28 bits per heavy atom. The van der Waals surface area contributed by atoms with Gasteiger partial charge in [0.15, 0.2) is 0 Å². The zero-order chi connectivity index (χ0) is 13.0. The Morgan fingerprint density at radius 2 is 2.00 bits per heavy atom. The number of rotatable bonds is 3. The number of carbonyl (C=O) groups excluding carboxylic acids is 1. The summed E-state index contributed by atoms with van der Waals surface area (Å²) in [6, 6.07) is 0.362. The van der Waals surface area contributed by atoms with Crippen molar-refractivity contribution in [2.75, 3.05) is 32.7 Å². The number of carbonyl (C=O) groups is 1. The van der Waals surface area contributed by atoms with E-state index < -0.39 is 0 Å². The topological polar surface area (TPSA) is 49.6 Å². The normalized spacial score (nSPS) is 27.2. The number of nitrogens with two attached hydrogens (primary N) is 1. The van der Waals surface area contributed by atoms with Gasteiger partial charge in [-0.2, -0.15) is 0 Å². The largest absolute Gasteiger partial charge is 0.339 e. The molecule has 2 aliphatic heterocycles. The molecule has 2 rings (SSSR count). The molecule has 1 amide bonds. The minimum atomic E-state index is 0.0773. The Morgan fingerprint density at radius 3 is 2.61 bits per heavy atom. The summed E-state index contributed by atoms with van der Waals surface area (Å²) in [6.07, 6.45) is 6.05. The second kappa shape index (κ2) is 6.34. The van der Waals surface area contributed by atoms with Crippen LogP contribution in [-0.2, 0) is 4.79 Å². The van der Waals surface area contributed by atoms with Gasteiger partial charge in [-0.15, -0.1) is 0 Å². The van der Waals surface area contributed by atoms with Gasteiger partial charge in [-0.1, -0.05) is 6.58 Å². The molecule has 0 saturated carbocycles. The second-order valence-corrected chi connectivity index (χ2v) is 5.63. The lowest BCUT2D eigenvalue weighted by Crippen LogP contribution is -2.46. The van der Waals surface area contributed by atoms with Gasteiger partial charge in [0.05, 0.1) is 0 Å². The molecular weight excluding hydrogens is 226 g/mol. The third-order valence-corrected chi connectivity index (χ3v) is 4.16. The fourth-order valence-corrected chi connectivity index (χ4v) is 3.09. The Labute approximate surface area is 110 Å². The van der Waals surface area contributed by atoms with Crippen LogP contribution in [0.5, 0.6) is 0 Å². The van der Waals surface area contributed by atoms with Crippen molar-refractivity contribution in [1.82, 2.24) is 9.80 Å². The average Bonchev–Trinajstić information content (AvgIpc) is 2.39. The zero-order valence-electron chi connectivity index (χ0n) is 11.2. The summed E-state index contributed by atoms with van der Waals surface area (Å²) in [7, 11) is 0. The molecule has 1 atom stereocenters. The summed E-state index contributed by atoms with van der Waals surface area (Å²) < 4.78 is 0. The molecule has 0 unspecified atom stereocenters. The molecular formula is C14H25N3O. The summed E-state index contributed by atoms with van der Waals surface area (Å²) in [6.45, 7) is 8.71. The average molecular weight is 251 g/mol. The first-order valence-corrected chi connectivity index (χ1v) is 7.08. The Hall–Kier alpha value is -0.870. The lowest BCUT2D eigenvalue weighted by molar-refractivity contribution is -0.127. The molecule has 0 aliphatic carbocycles. The molecule has 2 fully saturated rings. The summed E-state index contributed by atoms with van der Waals surface area (Å²) in [5, 5.41) is 0. The molecule has 2 heterocycles. The smallest absolute Gasteiger partial charge is 0.245 e. The highest BCUT2D eigenvalue weighted by molar-refractivity contribution is 5.87. The molecule has 102 valence electrons. The highest BCUT2D eigenvalue weighted by atomic mass is 16.2. The predicted molar refractivity (Wildman–Crippen MR) is 73.2 cm³/mol. The number of hydrogen-bond donors (Lipinski definition) is 1. The van der Waals surface area contributed by atoms with Gasteiger partial charge in [0.25, 0.3) is 0 Å². The van der Waals surface area contributed by atoms with Crippen molar-refractivity contribution in [3.8, 4) is 0 Å². The molecule has 2 N–H and O–H groups in total. The Kier molecular flexibility index (Phi) is 4.78. The molecule has 2 aliphatic rings. The van der Waals surface area contributed by atoms with Gasteiger partial charge < -0.3 is 15.5 Å². The molecule has 2 saturated heterocycles. The maximum absolute atomic E-state index is 11.5. The molecule has 0 radical (unpaired) electrons. The Balaban J connectivity index is 1.73. The van der Waals surface area contributed by atoms with Crippen LogP contribution in [-0.4, -0.2) is 54.5 Å². The first kappa shape index (κ1) is 13.6. The van der Waals surface area contributed by atoms with E-state index in [9.17, 15) is 4.79 Å². The molecule has 0 aromatic rings. The lowest BCUT2D eigenvalue weighted by Gasteiger charge is -2.37. The second-order valence-electron chi connectivity index (χ2n) is 5.63. The van der Waals surface area contributed by atoms with Gasteiger partial charge in [0, 0.05) is 32.2 Å². The summed E-state index contributed by atoms with van der Waals surface area (Å²) in [4.78, 5) is 15.9. The summed E-state index contributed by atoms with van der Waals surface area (Å²) >= 11 is 0. The summed E-state index contributed by atoms with van der Waals surface area (Å²) in [5.41, 5.74) is 6.00. The van der Waals surface area contributed by atoms with Crippen molar-refractivity contribution in [1.29, 1.82) is 0 Å². The molecule has 4 nitrogen and oxygen atoms in total. The van der Waals surface area contributed by atoms with Crippen LogP contribution >= 0.6 is 0 Å². The van der Waals surface area contributed by atoms with E-state index in [1.165, 1.54) is 25.5 Å². The number of piperidine rings is 2. The first-order chi connectivity index (χ1) is 8.69. The number of likely N-dealkylation sites (tertiary alicyclic amines) is 2. The molecule has 0 aromatic heterocycles. The maximum atomic E-state index is 11.5. The van der Waals surface area contributed by atoms with Crippen LogP contribution in [0.4, 0.5) is 0 Å². The molecule has 0 spiro atoms. The molecule has 0 bridgehead atoms. The zero-order valence-corrected chi connectivity index (χ0v) is 11.2. The van der Waals surface area contributed by atoms with Crippen LogP contribution in [0.15, 0.2) is 12.7 Å². The number of nitrogens with zero attached hydrogens (tertiary/aromatic N) is 2. The monoisotopic (exact) mass is 251 g/mol. The van der Waals surface area contributed by atoms with Gasteiger partial charge in [-0.25, -0.2) is 0 Å². The highest BCUT2D eigenvalue weighted by Gasteiger charge is 2.24. The van der Waals surface area contributed by atoms with Crippen molar-refractivity contribution < 1.29 is 4.79 Å². The molecule has 0 aromatic carbocycles. The molecule has 18 heavy (non-hydrogen) atoms. The minimum absolute atomic E-state index is 0.0773. The van der Waals surface area contributed by atoms with Crippen molar-refractivity contribution >= 4 is 5.91 Å². The van der Waals surface area contributed by atoms with E-state index in [4.69, 9.17) is 5.73 Å². The third kappa shape index (κ3) is 3.56. The van der Waals surface area contributed by atoms with Crippen molar-refractivity contribution in [2.45, 2.75) is 31.7 Å². The first-order valence-electron chi connectivity index (χ1n) is 7.08. The number of hydrogen-bond acceptors (Lipinski definition) is 3. The van der Waals surface area contributed by atoms with E-state index in [1.807, 2.05) is 4.90 Å². The van der Waals surface area contributed by atoms with Crippen molar-refractivity contribution in [2.24, 2.45) is 11.7 Å². The fraction of sp³-hybridized carbons (Fsp3) is 0.786. The van der Waals surface area contributed by atoms with E-state index in [2.05, 4.69) is 11.5 Å². The van der Waals surface area contributed by atoms with E-state index in [0.29, 0.717) is 6.04 Å². The lowest BCUT2D eigenvalue weighted by atomic mass is 9.95. The standard InChI is InChI=1S/C14H25N3O/c1-2-14(18)17-8-5-12(6-9-17)10-16-7-3-4-13(15)11-16/h2,12-13H,1,3-11,15H2/t13-/m1/s1. The van der Waals surface area contributed by atoms with E-state index in [1.54, 1.807) is 0 Å². The fourth-order valence-electron chi connectivity index (χ4n) is 3.09. The summed E-state index contributed by atoms with van der Waals surface area (Å²) in [5.74, 6) is 0.803. The maximum Gasteiger partial charge on any atom is 0.245 e. The minimum Gasteiger partial charge on any atom is -0.339 e. The van der Waals surface area contributed by atoms with Gasteiger partial charge >= 0.3 is 0 Å². The van der Waals surface area contributed by atoms with Crippen LogP contribution in [0, 0.1) is 5.92 Å². The molecule has 4 heteroatoms. The van der Waals surface area contributed by atoms with Gasteiger partial charge in [0.2, 0.25) is 5.91 Å². The van der Waals surface area contributed by atoms with Crippen LogP contribution in [0.3, 0.4) is 0 Å². The van der Waals surface area contributed by atoms with Crippen LogP contribution in [0.25, 0.3) is 0 Å². The van der Waals surface area contributed by atoms with Crippen LogP contribution in [0.1, 0.15) is 25.7 Å². The van der Waals surface area contributed by atoms with E-state index >= 15 is 0 Å². The quantitative estimate of drug-likeness (QED) is 0.756. The van der Waals surface area contributed by atoms with E-state index in [0.717, 1.165) is 44.9 Å². The van der Waals surface area contributed by atoms with Gasteiger partial charge in [-0.3, -0.25) is 4.79 Å². The van der Waals surface area contributed by atoms with E-state index in [-0.39, 0.29) is 5.91 Å². The highest BCUT2D eigenvalue weighted by Crippen LogP contribution is 2.20. The SMILES string of the molecule is C=CC(=O)N1CCC(CN2CCC[C@@H](N)C2)CC1. The Bertz CT molecular complexity index is 297. The van der Waals surface area contributed by atoms with Gasteiger partial charge in [-0.05, 0) is 44.2 Å².